The van der Waals surface area contributed by atoms with Crippen LogP contribution < -0.4 is 5.32 Å². The molecule has 4 heteroatoms. The summed E-state index contributed by atoms with van der Waals surface area (Å²) in [7, 11) is 0. The highest BCUT2D eigenvalue weighted by Gasteiger charge is 2.06. The van der Waals surface area contributed by atoms with Gasteiger partial charge < -0.3 is 10.4 Å². The first-order chi connectivity index (χ1) is 4.68. The van der Waals surface area contributed by atoms with Crippen molar-refractivity contribution in [2.45, 2.75) is 18.7 Å². The van der Waals surface area contributed by atoms with Gasteiger partial charge in [-0.15, -0.1) is 11.6 Å². The molecule has 60 valence electrons. The van der Waals surface area contributed by atoms with Crippen LogP contribution in [0.15, 0.2) is 0 Å². The lowest BCUT2D eigenvalue weighted by Gasteiger charge is -2.03. The summed E-state index contributed by atoms with van der Waals surface area (Å²) in [6, 6.07) is 0. The van der Waals surface area contributed by atoms with Gasteiger partial charge in [0.05, 0.1) is 0 Å². The molecule has 1 unspecified atom stereocenters. The number of nitrogens with one attached hydrogen (secondary N) is 1. The molecule has 3 nitrogen and oxygen atoms in total. The number of amides is 1. The first-order valence-electron chi connectivity index (χ1n) is 3.21. The van der Waals surface area contributed by atoms with Crippen molar-refractivity contribution in [2.24, 2.45) is 0 Å². The second-order valence-corrected chi connectivity index (χ2v) is 2.64. The number of halogens is 1. The van der Waals surface area contributed by atoms with E-state index in [1.54, 1.807) is 6.92 Å². The largest absolute Gasteiger partial charge is 0.396 e. The number of hydrogen-bond donors (Lipinski definition) is 2. The molecule has 0 aromatic carbocycles. The number of alkyl halides is 1. The lowest BCUT2D eigenvalue weighted by Crippen LogP contribution is -2.30. The van der Waals surface area contributed by atoms with Crippen LogP contribution in [0.1, 0.15) is 13.3 Å². The van der Waals surface area contributed by atoms with E-state index in [4.69, 9.17) is 16.7 Å². The van der Waals surface area contributed by atoms with Crippen molar-refractivity contribution >= 4 is 17.5 Å². The Morgan fingerprint density at radius 2 is 2.40 bits per heavy atom. The van der Waals surface area contributed by atoms with Crippen LogP contribution in [0.4, 0.5) is 0 Å². The van der Waals surface area contributed by atoms with Crippen molar-refractivity contribution in [2.75, 3.05) is 13.2 Å². The fourth-order valence-electron chi connectivity index (χ4n) is 0.431. The summed E-state index contributed by atoms with van der Waals surface area (Å²) >= 11 is 5.43. The minimum absolute atomic E-state index is 0.0942. The summed E-state index contributed by atoms with van der Waals surface area (Å²) < 4.78 is 0. The molecule has 0 aliphatic carbocycles. The van der Waals surface area contributed by atoms with Crippen molar-refractivity contribution in [3.8, 4) is 0 Å². The van der Waals surface area contributed by atoms with E-state index in [9.17, 15) is 4.79 Å². The Morgan fingerprint density at radius 1 is 1.80 bits per heavy atom. The molecule has 0 radical (unpaired) electrons. The van der Waals surface area contributed by atoms with Crippen LogP contribution in [0.5, 0.6) is 0 Å². The minimum Gasteiger partial charge on any atom is -0.396 e. The molecule has 1 amide bonds. The zero-order valence-electron chi connectivity index (χ0n) is 5.93. The van der Waals surface area contributed by atoms with Crippen molar-refractivity contribution in [1.82, 2.24) is 5.32 Å². The van der Waals surface area contributed by atoms with Crippen molar-refractivity contribution in [1.29, 1.82) is 0 Å². The molecule has 0 aromatic heterocycles. The van der Waals surface area contributed by atoms with Gasteiger partial charge in [0.25, 0.3) is 0 Å². The molecular formula is C6H12ClNO2. The van der Waals surface area contributed by atoms with E-state index in [1.165, 1.54) is 0 Å². The maximum atomic E-state index is 10.7. The quantitative estimate of drug-likeness (QED) is 0.459. The summed E-state index contributed by atoms with van der Waals surface area (Å²) in [6.45, 7) is 2.19. The summed E-state index contributed by atoms with van der Waals surface area (Å²) in [5, 5.41) is 10.4. The first-order valence-corrected chi connectivity index (χ1v) is 3.64. The second kappa shape index (κ2) is 5.50. The Kier molecular flexibility index (Phi) is 5.35. The Balaban J connectivity index is 3.22. The molecule has 0 fully saturated rings. The van der Waals surface area contributed by atoms with E-state index in [0.717, 1.165) is 0 Å². The van der Waals surface area contributed by atoms with Crippen LogP contribution in [0.2, 0.25) is 0 Å². The van der Waals surface area contributed by atoms with Crippen molar-refractivity contribution in [3.05, 3.63) is 0 Å². The summed E-state index contributed by atoms with van der Waals surface area (Å²) in [5.74, 6) is -0.185. The molecule has 0 saturated carbocycles. The maximum Gasteiger partial charge on any atom is 0.237 e. The molecule has 0 heterocycles. The topological polar surface area (TPSA) is 49.3 Å². The lowest BCUT2D eigenvalue weighted by molar-refractivity contribution is -0.120. The molecule has 2 N–H and O–H groups in total. The number of hydrogen-bond acceptors (Lipinski definition) is 2. The predicted molar refractivity (Wildman–Crippen MR) is 40.0 cm³/mol. The third-order valence-electron chi connectivity index (χ3n) is 0.995. The molecule has 0 spiro atoms. The molecule has 0 rings (SSSR count). The monoisotopic (exact) mass is 165 g/mol. The molecule has 0 aliphatic rings. The molecule has 10 heavy (non-hydrogen) atoms. The van der Waals surface area contributed by atoms with Gasteiger partial charge in [0, 0.05) is 13.2 Å². The van der Waals surface area contributed by atoms with Crippen LogP contribution >= 0.6 is 11.6 Å². The van der Waals surface area contributed by atoms with Crippen molar-refractivity contribution < 1.29 is 9.90 Å². The van der Waals surface area contributed by atoms with Gasteiger partial charge in [0.1, 0.15) is 5.38 Å². The van der Waals surface area contributed by atoms with Gasteiger partial charge in [-0.05, 0) is 13.3 Å². The standard InChI is InChI=1S/C6H12ClNO2/c1-5(7)6(10)8-3-2-4-9/h5,9H,2-4H2,1H3,(H,8,10). The fraction of sp³-hybridized carbons (Fsp3) is 0.833. The predicted octanol–water partition coefficient (Wildman–Crippen LogP) is 0.112. The second-order valence-electron chi connectivity index (χ2n) is 1.98. The minimum atomic E-state index is -0.487. The Morgan fingerprint density at radius 3 is 2.80 bits per heavy atom. The average molecular weight is 166 g/mol. The Hall–Kier alpha value is -0.280. The number of carbonyl (C=O) groups is 1. The highest BCUT2D eigenvalue weighted by molar-refractivity contribution is 6.30. The van der Waals surface area contributed by atoms with E-state index in [2.05, 4.69) is 5.32 Å². The van der Waals surface area contributed by atoms with Gasteiger partial charge in [-0.1, -0.05) is 0 Å². The number of aliphatic hydroxyl groups is 1. The van der Waals surface area contributed by atoms with Gasteiger partial charge in [-0.25, -0.2) is 0 Å². The van der Waals surface area contributed by atoms with Gasteiger partial charge >= 0.3 is 0 Å². The molecule has 0 saturated heterocycles. The molecule has 1 atom stereocenters. The zero-order valence-corrected chi connectivity index (χ0v) is 6.69. The number of carbonyl (C=O) groups excluding carboxylic acids is 1. The van der Waals surface area contributed by atoms with Crippen LogP contribution in [-0.2, 0) is 4.79 Å². The number of rotatable bonds is 4. The zero-order chi connectivity index (χ0) is 7.98. The molecular weight excluding hydrogens is 154 g/mol. The first kappa shape index (κ1) is 9.72. The van der Waals surface area contributed by atoms with Crippen LogP contribution in [0.25, 0.3) is 0 Å². The Labute approximate surface area is 65.4 Å². The summed E-state index contributed by atoms with van der Waals surface area (Å²) in [5.41, 5.74) is 0. The van der Waals surface area contributed by atoms with Crippen LogP contribution in [0, 0.1) is 0 Å². The van der Waals surface area contributed by atoms with E-state index in [0.29, 0.717) is 13.0 Å². The molecule has 0 bridgehead atoms. The highest BCUT2D eigenvalue weighted by Crippen LogP contribution is 1.91. The van der Waals surface area contributed by atoms with E-state index >= 15 is 0 Å². The van der Waals surface area contributed by atoms with Gasteiger partial charge in [0.2, 0.25) is 5.91 Å². The third-order valence-corrected chi connectivity index (χ3v) is 1.19. The van der Waals surface area contributed by atoms with Gasteiger partial charge in [-0.3, -0.25) is 4.79 Å². The van der Waals surface area contributed by atoms with E-state index < -0.39 is 5.38 Å². The maximum absolute atomic E-state index is 10.7. The molecule has 0 aromatic rings. The Bertz CT molecular complexity index is 106. The van der Waals surface area contributed by atoms with Gasteiger partial charge in [-0.2, -0.15) is 0 Å². The van der Waals surface area contributed by atoms with E-state index in [-0.39, 0.29) is 12.5 Å². The van der Waals surface area contributed by atoms with Crippen LogP contribution in [-0.4, -0.2) is 29.5 Å². The van der Waals surface area contributed by atoms with Gasteiger partial charge in [0.15, 0.2) is 0 Å². The average Bonchev–Trinajstić information content (AvgIpc) is 1.88. The van der Waals surface area contributed by atoms with Crippen LogP contribution in [0.3, 0.4) is 0 Å². The SMILES string of the molecule is CC(Cl)C(=O)NCCCO. The summed E-state index contributed by atoms with van der Waals surface area (Å²) in [4.78, 5) is 10.7. The third kappa shape index (κ3) is 4.58. The smallest absolute Gasteiger partial charge is 0.237 e. The fourth-order valence-corrected chi connectivity index (χ4v) is 0.508. The molecule has 0 aliphatic heterocycles. The summed E-state index contributed by atoms with van der Waals surface area (Å²) in [6.07, 6.45) is 0.579. The lowest BCUT2D eigenvalue weighted by atomic mass is 10.4. The number of aliphatic hydroxyl groups excluding tert-OH is 1. The normalized spacial score (nSPS) is 12.7. The van der Waals surface area contributed by atoms with Crippen molar-refractivity contribution in [3.63, 3.8) is 0 Å². The van der Waals surface area contributed by atoms with E-state index in [1.807, 2.05) is 0 Å². The highest BCUT2D eigenvalue weighted by atomic mass is 35.5.